The Morgan fingerprint density at radius 2 is 2.00 bits per heavy atom. The van der Waals surface area contributed by atoms with Crippen LogP contribution >= 0.6 is 0 Å². The summed E-state index contributed by atoms with van der Waals surface area (Å²) in [4.78, 5) is 22.0. The second kappa shape index (κ2) is 5.99. The Balaban J connectivity index is 1.86. The summed E-state index contributed by atoms with van der Waals surface area (Å²) in [5.74, 6) is -0.728. The van der Waals surface area contributed by atoms with E-state index in [1.165, 1.54) is 29.4 Å². The Hall–Kier alpha value is -2.84. The molecule has 6 nitrogen and oxygen atoms in total. The molecule has 0 spiro atoms. The molecule has 0 saturated heterocycles. The number of nitrogens with two attached hydrogens (primary N) is 1. The maximum atomic E-state index is 12.6. The first-order valence-corrected chi connectivity index (χ1v) is 7.07. The first-order valence-electron chi connectivity index (χ1n) is 7.07. The summed E-state index contributed by atoms with van der Waals surface area (Å²) >= 11 is 0. The van der Waals surface area contributed by atoms with Crippen molar-refractivity contribution < 1.29 is 22.7 Å². The highest BCUT2D eigenvalue weighted by Gasteiger charge is 2.34. The highest BCUT2D eigenvalue weighted by Crippen LogP contribution is 2.29. The Bertz CT molecular complexity index is 780. The summed E-state index contributed by atoms with van der Waals surface area (Å²) in [7, 11) is 0. The third kappa shape index (κ3) is 3.24. The lowest BCUT2D eigenvalue weighted by atomic mass is 10.0. The molecule has 0 unspecified atom stereocenters. The summed E-state index contributed by atoms with van der Waals surface area (Å²) in [6, 6.07) is 5.26. The monoisotopic (exact) mass is 338 g/mol. The van der Waals surface area contributed by atoms with E-state index < -0.39 is 18.0 Å². The number of alkyl halides is 3. The molecule has 3 rings (SSSR count). The number of ether oxygens (including phenoxy) is 1. The quantitative estimate of drug-likeness (QED) is 0.907. The van der Waals surface area contributed by atoms with Crippen LogP contribution in [0.5, 0.6) is 5.75 Å². The van der Waals surface area contributed by atoms with Crippen molar-refractivity contribution >= 4 is 11.7 Å². The van der Waals surface area contributed by atoms with Crippen molar-refractivity contribution in [1.29, 1.82) is 0 Å². The maximum Gasteiger partial charge on any atom is 0.573 e. The predicted octanol–water partition coefficient (Wildman–Crippen LogP) is 2.16. The lowest BCUT2D eigenvalue weighted by Crippen LogP contribution is -2.37. The van der Waals surface area contributed by atoms with Gasteiger partial charge < -0.3 is 15.4 Å². The van der Waals surface area contributed by atoms with Gasteiger partial charge in [0, 0.05) is 12.1 Å². The number of fused-ring (bicyclic) bond motifs is 1. The van der Waals surface area contributed by atoms with Gasteiger partial charge >= 0.3 is 6.36 Å². The van der Waals surface area contributed by atoms with Gasteiger partial charge in [-0.1, -0.05) is 12.1 Å². The van der Waals surface area contributed by atoms with Gasteiger partial charge in [0.1, 0.15) is 17.9 Å². The molecule has 24 heavy (non-hydrogen) atoms. The minimum atomic E-state index is -4.87. The number of rotatable bonds is 2. The molecule has 1 aliphatic rings. The van der Waals surface area contributed by atoms with E-state index in [1.54, 1.807) is 0 Å². The fourth-order valence-corrected chi connectivity index (χ4v) is 2.58. The normalized spacial score (nSPS) is 14.2. The van der Waals surface area contributed by atoms with Crippen molar-refractivity contribution in [1.82, 2.24) is 14.9 Å². The maximum absolute atomic E-state index is 12.6. The number of hydrogen-bond donors (Lipinski definition) is 1. The summed E-state index contributed by atoms with van der Waals surface area (Å²) < 4.78 is 41.4. The van der Waals surface area contributed by atoms with Crippen LogP contribution in [0.4, 0.5) is 19.0 Å². The van der Waals surface area contributed by atoms with E-state index in [0.29, 0.717) is 24.5 Å². The second-order valence-corrected chi connectivity index (χ2v) is 5.20. The fourth-order valence-electron chi connectivity index (χ4n) is 2.58. The number of anilines is 1. The lowest BCUT2D eigenvalue weighted by molar-refractivity contribution is -0.274. The standard InChI is InChI=1S/C15H13F3N4O2/c16-15(17,18)24-12-4-2-1-3-10(12)14(23)22-6-5-9-11(7-22)20-8-21-13(9)19/h1-4,8H,5-7H2,(H2,19,20,21). The van der Waals surface area contributed by atoms with Crippen molar-refractivity contribution in [2.24, 2.45) is 0 Å². The number of benzene rings is 1. The molecule has 0 aliphatic carbocycles. The van der Waals surface area contributed by atoms with Crippen LogP contribution in [-0.4, -0.2) is 33.7 Å². The lowest BCUT2D eigenvalue weighted by Gasteiger charge is -2.29. The van der Waals surface area contributed by atoms with Crippen molar-refractivity contribution in [2.45, 2.75) is 19.3 Å². The van der Waals surface area contributed by atoms with E-state index in [9.17, 15) is 18.0 Å². The fraction of sp³-hybridized carbons (Fsp3) is 0.267. The molecule has 2 N–H and O–H groups in total. The van der Waals surface area contributed by atoms with Crippen LogP contribution in [0.1, 0.15) is 21.6 Å². The molecule has 1 amide bonds. The van der Waals surface area contributed by atoms with E-state index in [4.69, 9.17) is 5.73 Å². The van der Waals surface area contributed by atoms with Crippen LogP contribution in [-0.2, 0) is 13.0 Å². The summed E-state index contributed by atoms with van der Waals surface area (Å²) in [6.07, 6.45) is -3.13. The Morgan fingerprint density at radius 3 is 2.75 bits per heavy atom. The van der Waals surface area contributed by atoms with Crippen molar-refractivity contribution in [2.75, 3.05) is 12.3 Å². The summed E-state index contributed by atoms with van der Waals surface area (Å²) in [5, 5.41) is 0. The zero-order valence-electron chi connectivity index (χ0n) is 12.4. The zero-order chi connectivity index (χ0) is 17.3. The number of hydrogen-bond acceptors (Lipinski definition) is 5. The van der Waals surface area contributed by atoms with E-state index in [2.05, 4.69) is 14.7 Å². The second-order valence-electron chi connectivity index (χ2n) is 5.20. The number of nitrogen functional groups attached to an aromatic ring is 1. The number of amides is 1. The van der Waals surface area contributed by atoms with E-state index in [1.807, 2.05) is 0 Å². The molecule has 0 radical (unpaired) electrons. The smallest absolute Gasteiger partial charge is 0.405 e. The number of carbonyl (C=O) groups excluding carboxylic acids is 1. The minimum absolute atomic E-state index is 0.152. The highest BCUT2D eigenvalue weighted by atomic mass is 19.4. The molecule has 0 atom stereocenters. The largest absolute Gasteiger partial charge is 0.573 e. The Kier molecular flexibility index (Phi) is 4.00. The number of nitrogens with zero attached hydrogens (tertiary/aromatic N) is 3. The van der Waals surface area contributed by atoms with Gasteiger partial charge in [-0.25, -0.2) is 9.97 Å². The molecule has 0 saturated carbocycles. The minimum Gasteiger partial charge on any atom is -0.405 e. The summed E-state index contributed by atoms with van der Waals surface area (Å²) in [5.41, 5.74) is 6.97. The van der Waals surface area contributed by atoms with Crippen molar-refractivity contribution in [3.8, 4) is 5.75 Å². The van der Waals surface area contributed by atoms with Gasteiger partial charge in [-0.3, -0.25) is 4.79 Å². The predicted molar refractivity (Wildman–Crippen MR) is 78.0 cm³/mol. The van der Waals surface area contributed by atoms with Crippen LogP contribution < -0.4 is 10.5 Å². The molecule has 2 aromatic rings. The molecule has 2 heterocycles. The van der Waals surface area contributed by atoms with Crippen LogP contribution in [0, 0.1) is 0 Å². The molecule has 0 bridgehead atoms. The zero-order valence-corrected chi connectivity index (χ0v) is 12.4. The SMILES string of the molecule is Nc1ncnc2c1CCN(C(=O)c1ccccc1OC(F)(F)F)C2. The molecule has 0 fully saturated rings. The number of aromatic nitrogens is 2. The van der Waals surface area contributed by atoms with E-state index in [-0.39, 0.29) is 12.1 Å². The number of halogens is 3. The molecular formula is C15H13F3N4O2. The van der Waals surface area contributed by atoms with Crippen LogP contribution in [0.15, 0.2) is 30.6 Å². The van der Waals surface area contributed by atoms with Gasteiger partial charge in [-0.15, -0.1) is 13.2 Å². The van der Waals surface area contributed by atoms with Crippen molar-refractivity contribution in [3.63, 3.8) is 0 Å². The number of carbonyl (C=O) groups is 1. The Morgan fingerprint density at radius 1 is 1.25 bits per heavy atom. The van der Waals surface area contributed by atoms with Gasteiger partial charge in [0.25, 0.3) is 5.91 Å². The van der Waals surface area contributed by atoms with Crippen LogP contribution in [0.25, 0.3) is 0 Å². The van der Waals surface area contributed by atoms with Gasteiger partial charge in [0.15, 0.2) is 0 Å². The molecule has 9 heteroatoms. The Labute approximate surface area is 135 Å². The van der Waals surface area contributed by atoms with Crippen LogP contribution in [0.2, 0.25) is 0 Å². The van der Waals surface area contributed by atoms with Gasteiger partial charge in [-0.05, 0) is 18.6 Å². The molecule has 1 aliphatic heterocycles. The average molecular weight is 338 g/mol. The molecule has 1 aromatic heterocycles. The summed E-state index contributed by atoms with van der Waals surface area (Å²) in [6.45, 7) is 0.463. The van der Waals surface area contributed by atoms with E-state index >= 15 is 0 Å². The number of para-hydroxylation sites is 1. The average Bonchev–Trinajstić information content (AvgIpc) is 2.53. The molecular weight excluding hydrogens is 325 g/mol. The molecule has 1 aromatic carbocycles. The first-order chi connectivity index (χ1) is 11.3. The van der Waals surface area contributed by atoms with Gasteiger partial charge in [0.05, 0.1) is 17.8 Å². The van der Waals surface area contributed by atoms with Crippen molar-refractivity contribution in [3.05, 3.63) is 47.4 Å². The van der Waals surface area contributed by atoms with Gasteiger partial charge in [-0.2, -0.15) is 0 Å². The van der Waals surface area contributed by atoms with E-state index in [0.717, 1.165) is 11.6 Å². The molecule has 126 valence electrons. The topological polar surface area (TPSA) is 81.3 Å². The third-order valence-corrected chi connectivity index (χ3v) is 3.67. The van der Waals surface area contributed by atoms with Crippen LogP contribution in [0.3, 0.4) is 0 Å². The first kappa shape index (κ1) is 16.0. The highest BCUT2D eigenvalue weighted by molar-refractivity contribution is 5.97. The third-order valence-electron chi connectivity index (χ3n) is 3.67. The van der Waals surface area contributed by atoms with Gasteiger partial charge in [0.2, 0.25) is 0 Å².